The van der Waals surface area contributed by atoms with E-state index < -0.39 is 17.2 Å². The van der Waals surface area contributed by atoms with E-state index in [0.717, 1.165) is 44.2 Å². The number of thiocarbonyl (C=S) groups is 1. The third-order valence-corrected chi connectivity index (χ3v) is 4.42. The van der Waals surface area contributed by atoms with Crippen molar-refractivity contribution < 1.29 is 13.2 Å². The molecule has 0 atom stereocenters. The first-order chi connectivity index (χ1) is 10.4. The second kappa shape index (κ2) is 6.60. The lowest BCUT2D eigenvalue weighted by Crippen LogP contribution is -2.33. The first-order valence-electron chi connectivity index (χ1n) is 7.08. The summed E-state index contributed by atoms with van der Waals surface area (Å²) in [6.45, 7) is 0.372. The Labute approximate surface area is 132 Å². The largest absolute Gasteiger partial charge is 0.416 e. The van der Waals surface area contributed by atoms with Gasteiger partial charge in [-0.25, -0.2) is 4.99 Å². The van der Waals surface area contributed by atoms with Gasteiger partial charge in [-0.3, -0.25) is 0 Å². The van der Waals surface area contributed by atoms with Crippen molar-refractivity contribution in [3.8, 4) is 6.07 Å². The molecule has 1 aromatic carbocycles. The molecule has 0 N–H and O–H groups in total. The maximum absolute atomic E-state index is 12.8. The van der Waals surface area contributed by atoms with E-state index in [-0.39, 0.29) is 5.56 Å². The standard InChI is InChI=1S/C16H15F3N2S/c17-16(18,19)13-4-5-14(12(8-13)9-20)15(10-21-11-22)6-2-1-3-7-15/h4-5,8H,1-3,6-7,10H2. The number of rotatable bonds is 3. The fraction of sp³-hybridized carbons (Fsp3) is 0.500. The summed E-state index contributed by atoms with van der Waals surface area (Å²) in [6.07, 6.45) is 0.181. The minimum absolute atomic E-state index is 0.0799. The maximum atomic E-state index is 12.8. The summed E-state index contributed by atoms with van der Waals surface area (Å²) in [5.74, 6) is 0. The Bertz CT molecular complexity index is 634. The van der Waals surface area contributed by atoms with E-state index in [1.54, 1.807) is 0 Å². The molecule has 0 bridgehead atoms. The van der Waals surface area contributed by atoms with Crippen molar-refractivity contribution in [2.75, 3.05) is 6.54 Å². The van der Waals surface area contributed by atoms with Gasteiger partial charge in [0.05, 0.1) is 28.9 Å². The monoisotopic (exact) mass is 324 g/mol. The molecule has 2 rings (SSSR count). The highest BCUT2D eigenvalue weighted by atomic mass is 32.1. The van der Waals surface area contributed by atoms with Crippen LogP contribution in [0.25, 0.3) is 0 Å². The average molecular weight is 324 g/mol. The van der Waals surface area contributed by atoms with E-state index in [9.17, 15) is 18.4 Å². The molecule has 1 aliphatic rings. The summed E-state index contributed by atoms with van der Waals surface area (Å²) in [4.78, 5) is 4.02. The van der Waals surface area contributed by atoms with Crippen LogP contribution in [0, 0.1) is 11.3 Å². The Hall–Kier alpha value is -1.70. The van der Waals surface area contributed by atoms with Crippen molar-refractivity contribution in [2.45, 2.75) is 43.7 Å². The molecule has 0 radical (unpaired) electrons. The highest BCUT2D eigenvalue weighted by Crippen LogP contribution is 2.42. The summed E-state index contributed by atoms with van der Waals surface area (Å²) >= 11 is 4.62. The van der Waals surface area contributed by atoms with E-state index in [2.05, 4.69) is 22.4 Å². The van der Waals surface area contributed by atoms with Gasteiger partial charge in [-0.05, 0) is 42.8 Å². The van der Waals surface area contributed by atoms with Crippen LogP contribution in [0.1, 0.15) is 48.8 Å². The van der Waals surface area contributed by atoms with Gasteiger partial charge in [-0.2, -0.15) is 18.4 Å². The maximum Gasteiger partial charge on any atom is 0.416 e. The van der Waals surface area contributed by atoms with Gasteiger partial charge >= 0.3 is 6.18 Å². The molecule has 22 heavy (non-hydrogen) atoms. The predicted molar refractivity (Wildman–Crippen MR) is 80.8 cm³/mol. The van der Waals surface area contributed by atoms with Crippen LogP contribution in [-0.2, 0) is 11.6 Å². The molecule has 1 saturated carbocycles. The number of hydrogen-bond donors (Lipinski definition) is 0. The van der Waals surface area contributed by atoms with Gasteiger partial charge in [-0.15, -0.1) is 0 Å². The van der Waals surface area contributed by atoms with Crippen molar-refractivity contribution in [3.63, 3.8) is 0 Å². The van der Waals surface area contributed by atoms with Crippen LogP contribution in [-0.4, -0.2) is 11.7 Å². The summed E-state index contributed by atoms with van der Waals surface area (Å²) < 4.78 is 38.5. The Morgan fingerprint density at radius 1 is 1.23 bits per heavy atom. The van der Waals surface area contributed by atoms with Gasteiger partial charge in [0.25, 0.3) is 0 Å². The summed E-state index contributed by atoms with van der Waals surface area (Å²) in [6, 6.07) is 5.34. The first-order valence-corrected chi connectivity index (χ1v) is 7.49. The number of aliphatic imine (C=N–C) groups is 1. The molecule has 6 heteroatoms. The van der Waals surface area contributed by atoms with E-state index in [0.29, 0.717) is 12.1 Å². The summed E-state index contributed by atoms with van der Waals surface area (Å²) in [5.41, 5.74) is -0.468. The molecule has 0 heterocycles. The molecular weight excluding hydrogens is 309 g/mol. The molecule has 116 valence electrons. The molecule has 0 aliphatic heterocycles. The van der Waals surface area contributed by atoms with Gasteiger partial charge in [-0.1, -0.05) is 25.3 Å². The van der Waals surface area contributed by atoms with Crippen LogP contribution >= 0.6 is 12.2 Å². The van der Waals surface area contributed by atoms with E-state index >= 15 is 0 Å². The third-order valence-electron chi connectivity index (χ3n) is 4.30. The zero-order valence-electron chi connectivity index (χ0n) is 11.9. The molecule has 0 saturated heterocycles. The van der Waals surface area contributed by atoms with Gasteiger partial charge in [0.2, 0.25) is 0 Å². The molecule has 0 unspecified atom stereocenters. The van der Waals surface area contributed by atoms with Gasteiger partial charge in [0.1, 0.15) is 0 Å². The van der Waals surface area contributed by atoms with Crippen molar-refractivity contribution in [3.05, 3.63) is 34.9 Å². The minimum Gasteiger partial charge on any atom is -0.232 e. The van der Waals surface area contributed by atoms with Crippen LogP contribution in [0.2, 0.25) is 0 Å². The van der Waals surface area contributed by atoms with Crippen LogP contribution in [0.4, 0.5) is 13.2 Å². The second-order valence-electron chi connectivity index (χ2n) is 5.62. The number of nitriles is 1. The number of isothiocyanates is 1. The normalized spacial score (nSPS) is 17.4. The zero-order chi connectivity index (χ0) is 16.2. The topological polar surface area (TPSA) is 36.1 Å². The van der Waals surface area contributed by atoms with Gasteiger partial charge < -0.3 is 0 Å². The Morgan fingerprint density at radius 3 is 2.45 bits per heavy atom. The highest BCUT2D eigenvalue weighted by Gasteiger charge is 2.37. The molecule has 1 aliphatic carbocycles. The Kier molecular flexibility index (Phi) is 5.00. The second-order valence-corrected chi connectivity index (χ2v) is 5.80. The molecular formula is C16H15F3N2S. The average Bonchev–Trinajstić information content (AvgIpc) is 2.52. The van der Waals surface area contributed by atoms with Gasteiger partial charge in [0.15, 0.2) is 0 Å². The van der Waals surface area contributed by atoms with Crippen LogP contribution in [0.15, 0.2) is 23.2 Å². The minimum atomic E-state index is -4.45. The molecule has 0 amide bonds. The highest BCUT2D eigenvalue weighted by molar-refractivity contribution is 7.78. The molecule has 0 spiro atoms. The quantitative estimate of drug-likeness (QED) is 0.587. The lowest BCUT2D eigenvalue weighted by atomic mass is 9.68. The lowest BCUT2D eigenvalue weighted by molar-refractivity contribution is -0.137. The lowest BCUT2D eigenvalue weighted by Gasteiger charge is -2.37. The number of hydrogen-bond acceptors (Lipinski definition) is 3. The van der Waals surface area contributed by atoms with E-state index in [1.807, 2.05) is 6.07 Å². The smallest absolute Gasteiger partial charge is 0.232 e. The molecule has 1 fully saturated rings. The number of nitrogens with zero attached hydrogens (tertiary/aromatic N) is 2. The molecule has 1 aromatic rings. The first kappa shape index (κ1) is 16.7. The SMILES string of the molecule is N#Cc1cc(C(F)(F)F)ccc1C1(CN=C=S)CCCCC1. The third kappa shape index (κ3) is 3.37. The van der Waals surface area contributed by atoms with Crippen LogP contribution in [0.5, 0.6) is 0 Å². The zero-order valence-corrected chi connectivity index (χ0v) is 12.7. The van der Waals surface area contributed by atoms with Crippen molar-refractivity contribution in [1.29, 1.82) is 5.26 Å². The Morgan fingerprint density at radius 2 is 1.91 bits per heavy atom. The van der Waals surface area contributed by atoms with Crippen molar-refractivity contribution in [1.82, 2.24) is 0 Å². The van der Waals surface area contributed by atoms with Crippen LogP contribution < -0.4 is 0 Å². The number of benzene rings is 1. The molecule has 2 nitrogen and oxygen atoms in total. The molecule has 0 aromatic heterocycles. The van der Waals surface area contributed by atoms with E-state index in [1.165, 1.54) is 6.07 Å². The van der Waals surface area contributed by atoms with E-state index in [4.69, 9.17) is 0 Å². The summed E-state index contributed by atoms with van der Waals surface area (Å²) in [7, 11) is 0. The predicted octanol–water partition coefficient (Wildman–Crippen LogP) is 4.88. The number of alkyl halides is 3. The fourth-order valence-electron chi connectivity index (χ4n) is 3.20. The van der Waals surface area contributed by atoms with Crippen LogP contribution in [0.3, 0.4) is 0 Å². The number of halogens is 3. The van der Waals surface area contributed by atoms with Crippen molar-refractivity contribution >= 4 is 17.4 Å². The summed E-state index contributed by atoms with van der Waals surface area (Å²) in [5, 5.41) is 11.6. The van der Waals surface area contributed by atoms with Gasteiger partial charge in [0, 0.05) is 5.41 Å². The van der Waals surface area contributed by atoms with Crippen molar-refractivity contribution in [2.24, 2.45) is 4.99 Å². The Balaban J connectivity index is 2.52. The fourth-order valence-corrected chi connectivity index (χ4v) is 3.26.